The Hall–Kier alpha value is -1.000. The van der Waals surface area contributed by atoms with E-state index in [0.29, 0.717) is 11.1 Å². The predicted octanol–water partition coefficient (Wildman–Crippen LogP) is 3.89. The van der Waals surface area contributed by atoms with Crippen molar-refractivity contribution >= 4 is 22.7 Å². The molecule has 0 aliphatic carbocycles. The molecule has 18 heavy (non-hydrogen) atoms. The third-order valence-corrected chi connectivity index (χ3v) is 4.82. The van der Waals surface area contributed by atoms with Crippen LogP contribution in [0, 0.1) is 5.82 Å². The fourth-order valence-corrected chi connectivity index (χ4v) is 3.71. The SMILES string of the molecule is OC(c1cc2cccc(F)c2o1)C1CCCCS1. The van der Waals surface area contributed by atoms with E-state index in [1.165, 1.54) is 12.5 Å². The van der Waals surface area contributed by atoms with Crippen molar-refractivity contribution in [3.63, 3.8) is 0 Å². The smallest absolute Gasteiger partial charge is 0.170 e. The molecule has 2 heterocycles. The fraction of sp³-hybridized carbons (Fsp3) is 0.429. The summed E-state index contributed by atoms with van der Waals surface area (Å²) in [6.45, 7) is 0. The highest BCUT2D eigenvalue weighted by molar-refractivity contribution is 7.99. The van der Waals surface area contributed by atoms with Crippen LogP contribution in [-0.4, -0.2) is 16.1 Å². The summed E-state index contributed by atoms with van der Waals surface area (Å²) in [5.41, 5.74) is 0.243. The number of furan rings is 1. The Morgan fingerprint density at radius 1 is 1.39 bits per heavy atom. The predicted molar refractivity (Wildman–Crippen MR) is 71.2 cm³/mol. The van der Waals surface area contributed by atoms with Crippen LogP contribution < -0.4 is 0 Å². The van der Waals surface area contributed by atoms with E-state index in [1.54, 1.807) is 30.0 Å². The van der Waals surface area contributed by atoms with Crippen LogP contribution in [-0.2, 0) is 0 Å². The Morgan fingerprint density at radius 2 is 2.28 bits per heavy atom. The summed E-state index contributed by atoms with van der Waals surface area (Å²) in [6, 6.07) is 6.57. The number of thioether (sulfide) groups is 1. The first-order chi connectivity index (χ1) is 8.75. The molecule has 1 N–H and O–H groups in total. The normalized spacial score (nSPS) is 22.2. The molecule has 0 radical (unpaired) electrons. The molecule has 2 aromatic rings. The Bertz CT molecular complexity index is 546. The molecule has 1 saturated heterocycles. The van der Waals surface area contributed by atoms with E-state index < -0.39 is 6.10 Å². The Kier molecular flexibility index (Phi) is 3.31. The lowest BCUT2D eigenvalue weighted by atomic mass is 10.1. The zero-order valence-corrected chi connectivity index (χ0v) is 10.8. The van der Waals surface area contributed by atoms with Gasteiger partial charge in [-0.05, 0) is 30.7 Å². The highest BCUT2D eigenvalue weighted by Crippen LogP contribution is 2.36. The molecule has 2 unspecified atom stereocenters. The number of aliphatic hydroxyl groups excluding tert-OH is 1. The van der Waals surface area contributed by atoms with Crippen LogP contribution in [0.25, 0.3) is 11.0 Å². The van der Waals surface area contributed by atoms with Gasteiger partial charge in [0, 0.05) is 10.6 Å². The zero-order chi connectivity index (χ0) is 12.5. The summed E-state index contributed by atoms with van der Waals surface area (Å²) in [7, 11) is 0. The highest BCUT2D eigenvalue weighted by atomic mass is 32.2. The molecule has 1 aromatic heterocycles. The minimum atomic E-state index is -0.637. The van der Waals surface area contributed by atoms with Crippen LogP contribution in [0.5, 0.6) is 0 Å². The van der Waals surface area contributed by atoms with Crippen molar-refractivity contribution in [1.82, 2.24) is 0 Å². The van der Waals surface area contributed by atoms with Crippen molar-refractivity contribution in [2.45, 2.75) is 30.6 Å². The van der Waals surface area contributed by atoms with E-state index in [-0.39, 0.29) is 16.7 Å². The van der Waals surface area contributed by atoms with E-state index >= 15 is 0 Å². The third-order valence-electron chi connectivity index (χ3n) is 3.37. The van der Waals surface area contributed by atoms with Crippen molar-refractivity contribution in [3.8, 4) is 0 Å². The summed E-state index contributed by atoms with van der Waals surface area (Å²) in [5, 5.41) is 11.2. The molecule has 0 saturated carbocycles. The molecule has 0 amide bonds. The summed E-state index contributed by atoms with van der Waals surface area (Å²) < 4.78 is 19.0. The van der Waals surface area contributed by atoms with Gasteiger partial charge in [-0.2, -0.15) is 11.8 Å². The van der Waals surface area contributed by atoms with E-state index in [0.717, 1.165) is 18.6 Å². The first kappa shape index (κ1) is 12.1. The quantitative estimate of drug-likeness (QED) is 0.895. The van der Waals surface area contributed by atoms with Gasteiger partial charge in [0.15, 0.2) is 11.4 Å². The third kappa shape index (κ3) is 2.15. The van der Waals surface area contributed by atoms with Gasteiger partial charge in [-0.3, -0.25) is 0 Å². The van der Waals surface area contributed by atoms with Gasteiger partial charge in [-0.15, -0.1) is 0 Å². The number of hydrogen-bond donors (Lipinski definition) is 1. The molecule has 1 aromatic carbocycles. The highest BCUT2D eigenvalue weighted by Gasteiger charge is 2.26. The van der Waals surface area contributed by atoms with E-state index in [1.807, 2.05) is 0 Å². The number of benzene rings is 1. The molecule has 1 aliphatic rings. The van der Waals surface area contributed by atoms with E-state index in [9.17, 15) is 9.50 Å². The van der Waals surface area contributed by atoms with Crippen molar-refractivity contribution < 1.29 is 13.9 Å². The van der Waals surface area contributed by atoms with Gasteiger partial charge in [0.25, 0.3) is 0 Å². The molecule has 0 bridgehead atoms. The van der Waals surface area contributed by atoms with Crippen molar-refractivity contribution in [2.75, 3.05) is 5.75 Å². The minimum absolute atomic E-state index is 0.169. The number of fused-ring (bicyclic) bond motifs is 1. The van der Waals surface area contributed by atoms with Gasteiger partial charge in [-0.1, -0.05) is 18.6 Å². The van der Waals surface area contributed by atoms with Gasteiger partial charge in [0.2, 0.25) is 0 Å². The van der Waals surface area contributed by atoms with Gasteiger partial charge >= 0.3 is 0 Å². The molecule has 1 fully saturated rings. The molecule has 2 atom stereocenters. The van der Waals surface area contributed by atoms with Crippen LogP contribution in [0.2, 0.25) is 0 Å². The monoisotopic (exact) mass is 266 g/mol. The van der Waals surface area contributed by atoms with Crippen LogP contribution >= 0.6 is 11.8 Å². The number of aliphatic hydroxyl groups is 1. The summed E-state index contributed by atoms with van der Waals surface area (Å²) in [6.07, 6.45) is 2.71. The zero-order valence-electron chi connectivity index (χ0n) is 9.93. The summed E-state index contributed by atoms with van der Waals surface area (Å²) in [5.74, 6) is 1.19. The largest absolute Gasteiger partial charge is 0.455 e. The van der Waals surface area contributed by atoms with E-state index in [2.05, 4.69) is 0 Å². The van der Waals surface area contributed by atoms with Gasteiger partial charge in [0.05, 0.1) is 0 Å². The van der Waals surface area contributed by atoms with Gasteiger partial charge in [-0.25, -0.2) is 4.39 Å². The molecule has 0 spiro atoms. The Labute approximate surface area is 109 Å². The Morgan fingerprint density at radius 3 is 3.00 bits per heavy atom. The molecule has 2 nitrogen and oxygen atoms in total. The first-order valence-corrected chi connectivity index (χ1v) is 7.28. The first-order valence-electron chi connectivity index (χ1n) is 6.23. The van der Waals surface area contributed by atoms with Crippen LogP contribution in [0.4, 0.5) is 4.39 Å². The molecular weight excluding hydrogens is 251 g/mol. The van der Waals surface area contributed by atoms with Crippen LogP contribution in [0.3, 0.4) is 0 Å². The maximum Gasteiger partial charge on any atom is 0.170 e. The van der Waals surface area contributed by atoms with Gasteiger partial charge in [0.1, 0.15) is 11.9 Å². The second-order valence-electron chi connectivity index (χ2n) is 4.66. The molecule has 96 valence electrons. The molecule has 4 heteroatoms. The number of para-hydroxylation sites is 1. The second kappa shape index (κ2) is 4.94. The minimum Gasteiger partial charge on any atom is -0.455 e. The van der Waals surface area contributed by atoms with E-state index in [4.69, 9.17) is 4.42 Å². The topological polar surface area (TPSA) is 33.4 Å². The lowest BCUT2D eigenvalue weighted by Gasteiger charge is -2.24. The molecule has 1 aliphatic heterocycles. The van der Waals surface area contributed by atoms with Crippen LogP contribution in [0.15, 0.2) is 28.7 Å². The number of rotatable bonds is 2. The van der Waals surface area contributed by atoms with Crippen LogP contribution in [0.1, 0.15) is 31.1 Å². The molecule has 3 rings (SSSR count). The standard InChI is InChI=1S/C14H15FO2S/c15-10-5-3-4-9-8-11(17-14(9)10)13(16)12-6-1-2-7-18-12/h3-5,8,12-13,16H,1-2,6-7H2. The second-order valence-corrected chi connectivity index (χ2v) is 6.00. The van der Waals surface area contributed by atoms with Gasteiger partial charge < -0.3 is 9.52 Å². The summed E-state index contributed by atoms with van der Waals surface area (Å²) in [4.78, 5) is 0. The average Bonchev–Trinajstić information content (AvgIpc) is 2.84. The van der Waals surface area contributed by atoms with Crippen molar-refractivity contribution in [1.29, 1.82) is 0 Å². The molecular formula is C14H15FO2S. The maximum absolute atomic E-state index is 13.5. The fourth-order valence-electron chi connectivity index (χ4n) is 2.39. The number of hydrogen-bond acceptors (Lipinski definition) is 3. The lowest BCUT2D eigenvalue weighted by Crippen LogP contribution is -2.18. The van der Waals surface area contributed by atoms with Crippen molar-refractivity contribution in [2.24, 2.45) is 0 Å². The number of halogens is 1. The van der Waals surface area contributed by atoms with Crippen molar-refractivity contribution in [3.05, 3.63) is 35.8 Å². The summed E-state index contributed by atoms with van der Waals surface area (Å²) >= 11 is 1.78. The lowest BCUT2D eigenvalue weighted by molar-refractivity contribution is 0.144. The average molecular weight is 266 g/mol. The maximum atomic E-state index is 13.5. The Balaban J connectivity index is 1.91.